The molecule has 1 saturated carbocycles. The molecule has 0 bridgehead atoms. The quantitative estimate of drug-likeness (QED) is 0.823. The Bertz CT molecular complexity index is 778. The Labute approximate surface area is 172 Å². The zero-order chi connectivity index (χ0) is 17.4. The van der Waals surface area contributed by atoms with Crippen LogP contribution in [0.25, 0.3) is 11.4 Å². The van der Waals surface area contributed by atoms with Gasteiger partial charge >= 0.3 is 0 Å². The molecule has 148 valence electrons. The maximum absolute atomic E-state index is 13.0. The Morgan fingerprint density at radius 2 is 1.89 bits per heavy atom. The maximum atomic E-state index is 13.0. The van der Waals surface area contributed by atoms with E-state index in [-0.39, 0.29) is 36.6 Å². The van der Waals surface area contributed by atoms with Crippen molar-refractivity contribution >= 4 is 30.7 Å². The molecule has 4 rings (SSSR count). The van der Waals surface area contributed by atoms with E-state index >= 15 is 0 Å². The lowest BCUT2D eigenvalue weighted by Crippen LogP contribution is -2.54. The summed E-state index contributed by atoms with van der Waals surface area (Å²) >= 11 is 0. The number of hydrogen-bond donors (Lipinski definition) is 1. The fourth-order valence-corrected chi connectivity index (χ4v) is 4.13. The standard InChI is InChI=1S/C19H25N5O.2ClH/c1-19(20)10-6-5-9-15(19)18(25)23-11-12-24-16(13-23)21-22-17(24)14-7-3-2-4-8-14;;/h2-4,7-8,15H,5-6,9-13,20H2,1H3;2*1H. The molecule has 0 spiro atoms. The largest absolute Gasteiger partial charge is 0.333 e. The second-order valence-electron chi connectivity index (χ2n) is 7.52. The van der Waals surface area contributed by atoms with Gasteiger partial charge in [-0.3, -0.25) is 4.79 Å². The van der Waals surface area contributed by atoms with Crippen LogP contribution in [-0.2, 0) is 17.9 Å². The second-order valence-corrected chi connectivity index (χ2v) is 7.52. The molecule has 1 amide bonds. The maximum Gasteiger partial charge on any atom is 0.227 e. The topological polar surface area (TPSA) is 77.0 Å². The summed E-state index contributed by atoms with van der Waals surface area (Å²) in [5.74, 6) is 1.83. The number of carbonyl (C=O) groups is 1. The highest BCUT2D eigenvalue weighted by Crippen LogP contribution is 2.34. The minimum absolute atomic E-state index is 0. The summed E-state index contributed by atoms with van der Waals surface area (Å²) < 4.78 is 2.13. The number of carbonyl (C=O) groups excluding carboxylic acids is 1. The molecule has 2 aromatic rings. The number of fused-ring (bicyclic) bond motifs is 1. The van der Waals surface area contributed by atoms with Crippen LogP contribution in [0.3, 0.4) is 0 Å². The van der Waals surface area contributed by atoms with Crippen LogP contribution in [0.2, 0.25) is 0 Å². The Kier molecular flexibility index (Phi) is 6.89. The number of aromatic nitrogens is 3. The van der Waals surface area contributed by atoms with Crippen molar-refractivity contribution in [2.45, 2.75) is 51.2 Å². The molecule has 0 radical (unpaired) electrons. The fourth-order valence-electron chi connectivity index (χ4n) is 4.13. The molecule has 6 nitrogen and oxygen atoms in total. The van der Waals surface area contributed by atoms with Crippen LogP contribution < -0.4 is 5.73 Å². The van der Waals surface area contributed by atoms with Gasteiger partial charge in [0.2, 0.25) is 5.91 Å². The number of nitrogens with two attached hydrogens (primary N) is 1. The van der Waals surface area contributed by atoms with Gasteiger partial charge in [0, 0.05) is 24.2 Å². The fraction of sp³-hybridized carbons (Fsp3) is 0.526. The average molecular weight is 412 g/mol. The number of halogens is 2. The van der Waals surface area contributed by atoms with Crippen molar-refractivity contribution in [3.8, 4) is 11.4 Å². The first kappa shape index (κ1) is 21.7. The predicted molar refractivity (Wildman–Crippen MR) is 110 cm³/mol. The first-order valence-corrected chi connectivity index (χ1v) is 9.11. The molecule has 1 aliphatic heterocycles. The molecule has 27 heavy (non-hydrogen) atoms. The monoisotopic (exact) mass is 411 g/mol. The number of rotatable bonds is 2. The predicted octanol–water partition coefficient (Wildman–Crippen LogP) is 3.04. The van der Waals surface area contributed by atoms with Gasteiger partial charge in [-0.2, -0.15) is 0 Å². The molecular weight excluding hydrogens is 385 g/mol. The van der Waals surface area contributed by atoms with Gasteiger partial charge in [-0.25, -0.2) is 0 Å². The number of nitrogens with zero attached hydrogens (tertiary/aromatic N) is 4. The van der Waals surface area contributed by atoms with Gasteiger partial charge in [0.1, 0.15) is 0 Å². The van der Waals surface area contributed by atoms with Gasteiger partial charge in [0.05, 0.1) is 12.5 Å². The van der Waals surface area contributed by atoms with E-state index in [2.05, 4.69) is 14.8 Å². The van der Waals surface area contributed by atoms with Gasteiger partial charge in [-0.1, -0.05) is 43.2 Å². The smallest absolute Gasteiger partial charge is 0.227 e. The van der Waals surface area contributed by atoms with Gasteiger partial charge in [-0.15, -0.1) is 35.0 Å². The van der Waals surface area contributed by atoms with Crippen molar-refractivity contribution in [1.29, 1.82) is 0 Å². The second kappa shape index (κ2) is 8.59. The highest BCUT2D eigenvalue weighted by Gasteiger charge is 2.40. The number of hydrogen-bond acceptors (Lipinski definition) is 4. The number of benzene rings is 1. The summed E-state index contributed by atoms with van der Waals surface area (Å²) in [5, 5.41) is 8.69. The van der Waals surface area contributed by atoms with Crippen molar-refractivity contribution in [3.05, 3.63) is 36.2 Å². The van der Waals surface area contributed by atoms with Crippen LogP contribution >= 0.6 is 24.8 Å². The SMILES string of the molecule is CC1(N)CCCCC1C(=O)N1CCn2c(nnc2-c2ccccc2)C1.Cl.Cl. The molecule has 2 heterocycles. The lowest BCUT2D eigenvalue weighted by molar-refractivity contribution is -0.140. The lowest BCUT2D eigenvalue weighted by Gasteiger charge is -2.40. The third kappa shape index (κ3) is 4.13. The third-order valence-electron chi connectivity index (χ3n) is 5.65. The summed E-state index contributed by atoms with van der Waals surface area (Å²) in [6.07, 6.45) is 4.02. The van der Waals surface area contributed by atoms with Crippen LogP contribution in [0.4, 0.5) is 0 Å². The third-order valence-corrected chi connectivity index (χ3v) is 5.65. The van der Waals surface area contributed by atoms with Crippen molar-refractivity contribution < 1.29 is 4.79 Å². The molecule has 1 aliphatic carbocycles. The van der Waals surface area contributed by atoms with E-state index in [1.807, 2.05) is 42.2 Å². The van der Waals surface area contributed by atoms with Gasteiger partial charge in [0.25, 0.3) is 0 Å². The van der Waals surface area contributed by atoms with Gasteiger partial charge in [0.15, 0.2) is 11.6 Å². The average Bonchev–Trinajstić information content (AvgIpc) is 3.04. The summed E-state index contributed by atoms with van der Waals surface area (Å²) in [5.41, 5.74) is 7.09. The summed E-state index contributed by atoms with van der Waals surface area (Å²) in [7, 11) is 0. The zero-order valence-corrected chi connectivity index (χ0v) is 17.1. The lowest BCUT2D eigenvalue weighted by atomic mass is 9.74. The molecule has 2 unspecified atom stereocenters. The van der Waals surface area contributed by atoms with E-state index in [0.717, 1.165) is 49.4 Å². The normalized spacial score (nSPS) is 24.4. The van der Waals surface area contributed by atoms with Crippen molar-refractivity contribution in [1.82, 2.24) is 19.7 Å². The Balaban J connectivity index is 0.00000131. The summed E-state index contributed by atoms with van der Waals surface area (Å²) in [6.45, 7) is 3.96. The highest BCUT2D eigenvalue weighted by molar-refractivity contribution is 5.85. The highest BCUT2D eigenvalue weighted by atomic mass is 35.5. The Morgan fingerprint density at radius 1 is 1.15 bits per heavy atom. The molecule has 1 fully saturated rings. The zero-order valence-electron chi connectivity index (χ0n) is 15.5. The van der Waals surface area contributed by atoms with E-state index in [4.69, 9.17) is 5.73 Å². The molecule has 2 N–H and O–H groups in total. The number of amides is 1. The van der Waals surface area contributed by atoms with Crippen LogP contribution in [0.1, 0.15) is 38.4 Å². The summed E-state index contributed by atoms with van der Waals surface area (Å²) in [4.78, 5) is 15.0. The molecule has 2 atom stereocenters. The van der Waals surface area contributed by atoms with Crippen molar-refractivity contribution in [3.63, 3.8) is 0 Å². The van der Waals surface area contributed by atoms with Crippen LogP contribution in [0.15, 0.2) is 30.3 Å². The molecule has 1 aromatic heterocycles. The Hall–Kier alpha value is -1.63. The van der Waals surface area contributed by atoms with Gasteiger partial charge in [-0.05, 0) is 19.8 Å². The molecule has 8 heteroatoms. The van der Waals surface area contributed by atoms with E-state index in [1.54, 1.807) is 0 Å². The first-order valence-electron chi connectivity index (χ1n) is 9.11. The van der Waals surface area contributed by atoms with E-state index in [9.17, 15) is 4.79 Å². The van der Waals surface area contributed by atoms with Crippen molar-refractivity contribution in [2.75, 3.05) is 6.54 Å². The molecule has 0 saturated heterocycles. The minimum Gasteiger partial charge on any atom is -0.333 e. The summed E-state index contributed by atoms with van der Waals surface area (Å²) in [6, 6.07) is 10.1. The Morgan fingerprint density at radius 3 is 2.59 bits per heavy atom. The molecule has 2 aliphatic rings. The minimum atomic E-state index is -0.393. The van der Waals surface area contributed by atoms with E-state index < -0.39 is 5.54 Å². The van der Waals surface area contributed by atoms with E-state index in [0.29, 0.717) is 13.1 Å². The first-order chi connectivity index (χ1) is 12.1. The van der Waals surface area contributed by atoms with Crippen LogP contribution in [-0.4, -0.2) is 37.7 Å². The van der Waals surface area contributed by atoms with E-state index in [1.165, 1.54) is 0 Å². The molecule has 1 aromatic carbocycles. The van der Waals surface area contributed by atoms with Crippen LogP contribution in [0, 0.1) is 5.92 Å². The van der Waals surface area contributed by atoms with Crippen molar-refractivity contribution in [2.24, 2.45) is 11.7 Å². The molecular formula is C19H27Cl2N5O. The van der Waals surface area contributed by atoms with Gasteiger partial charge < -0.3 is 15.2 Å². The van der Waals surface area contributed by atoms with Crippen LogP contribution in [0.5, 0.6) is 0 Å².